The van der Waals surface area contributed by atoms with E-state index in [-0.39, 0.29) is 26.3 Å². The van der Waals surface area contributed by atoms with Crippen molar-refractivity contribution < 1.29 is 84.5 Å². The van der Waals surface area contributed by atoms with Gasteiger partial charge in [0.25, 0.3) is 0 Å². The van der Waals surface area contributed by atoms with Gasteiger partial charge in [-0.25, -0.2) is 0 Å². The lowest BCUT2D eigenvalue weighted by Gasteiger charge is -2.36. The van der Waals surface area contributed by atoms with E-state index in [0.29, 0.717) is 0 Å². The fourth-order valence-electron chi connectivity index (χ4n) is 2.91. The number of rotatable bonds is 11. The molecule has 1 unspecified atom stereocenters. The summed E-state index contributed by atoms with van der Waals surface area (Å²) in [6.07, 6.45) is -24.0. The molecule has 0 aliphatic carbocycles. The highest BCUT2D eigenvalue weighted by molar-refractivity contribution is 5.69. The molecule has 1 atom stereocenters. The lowest BCUT2D eigenvalue weighted by Crippen LogP contribution is -2.62. The van der Waals surface area contributed by atoms with Crippen LogP contribution in [0.5, 0.6) is 0 Å². The van der Waals surface area contributed by atoms with Crippen molar-refractivity contribution in [3.05, 3.63) is 0 Å². The second kappa shape index (κ2) is 10.8. The van der Waals surface area contributed by atoms with Crippen LogP contribution in [-0.2, 0) is 14.3 Å². The van der Waals surface area contributed by atoms with Gasteiger partial charge >= 0.3 is 47.9 Å². The third-order valence-corrected chi connectivity index (χ3v) is 5.02. The molecule has 0 radical (unpaired) electrons. The number of nitrogens with zero attached hydrogens (tertiary/aromatic N) is 1. The van der Waals surface area contributed by atoms with Gasteiger partial charge in [-0.15, -0.1) is 0 Å². The molecule has 1 saturated heterocycles. The average molecular weight is 587 g/mol. The molecule has 1 fully saturated rings. The molecule has 1 aliphatic rings. The maximum absolute atomic E-state index is 14.0. The number of ether oxygens (including phenoxy) is 2. The van der Waals surface area contributed by atoms with Crippen molar-refractivity contribution >= 4 is 5.97 Å². The van der Waals surface area contributed by atoms with Gasteiger partial charge in [0.1, 0.15) is 6.10 Å². The molecule has 0 aromatic rings. The van der Waals surface area contributed by atoms with E-state index in [1.165, 1.54) is 0 Å². The Bertz CT molecular complexity index is 773. The lowest BCUT2D eigenvalue weighted by atomic mass is 9.98. The predicted octanol–water partition coefficient (Wildman–Crippen LogP) is 5.70. The molecular formula is C17H17F16NO3. The Hall–Kier alpha value is -1.73. The first-order valence-corrected chi connectivity index (χ1v) is 9.82. The number of carbonyl (C=O) groups excluding carboxylic acids is 1. The van der Waals surface area contributed by atoms with Crippen molar-refractivity contribution in [3.8, 4) is 0 Å². The first-order valence-electron chi connectivity index (χ1n) is 9.82. The van der Waals surface area contributed by atoms with Crippen LogP contribution in [0.4, 0.5) is 70.2 Å². The van der Waals surface area contributed by atoms with Crippen LogP contribution in [0, 0.1) is 0 Å². The summed E-state index contributed by atoms with van der Waals surface area (Å²) in [6.45, 7) is -1.76. The number of hydrogen-bond acceptors (Lipinski definition) is 4. The minimum atomic E-state index is -7.29. The molecule has 220 valence electrons. The van der Waals surface area contributed by atoms with Crippen molar-refractivity contribution in [3.63, 3.8) is 0 Å². The second-order valence-electron chi connectivity index (χ2n) is 7.86. The van der Waals surface area contributed by atoms with E-state index in [1.54, 1.807) is 0 Å². The van der Waals surface area contributed by atoms with E-state index in [4.69, 9.17) is 4.74 Å². The number of morpholine rings is 1. The predicted molar refractivity (Wildman–Crippen MR) is 87.8 cm³/mol. The summed E-state index contributed by atoms with van der Waals surface area (Å²) in [5.74, 6) is -35.5. The topological polar surface area (TPSA) is 38.8 Å². The number of carbonyl (C=O) groups is 1. The van der Waals surface area contributed by atoms with Crippen LogP contribution in [-0.4, -0.2) is 91.8 Å². The monoisotopic (exact) mass is 587 g/mol. The van der Waals surface area contributed by atoms with Crippen LogP contribution in [0.2, 0.25) is 0 Å². The van der Waals surface area contributed by atoms with Gasteiger partial charge in [-0.2, -0.15) is 70.2 Å². The Morgan fingerprint density at radius 3 is 1.59 bits per heavy atom. The molecule has 0 aromatic carbocycles. The van der Waals surface area contributed by atoms with Gasteiger partial charge in [0, 0.05) is 26.1 Å². The zero-order chi connectivity index (χ0) is 29.3. The van der Waals surface area contributed by atoms with E-state index >= 15 is 0 Å². The lowest BCUT2D eigenvalue weighted by molar-refractivity contribution is -0.398. The fourth-order valence-corrected chi connectivity index (χ4v) is 2.91. The number of esters is 1. The first-order chi connectivity index (χ1) is 16.3. The minimum absolute atomic E-state index is 0.141. The van der Waals surface area contributed by atoms with Crippen LogP contribution in [0.15, 0.2) is 0 Å². The summed E-state index contributed by atoms with van der Waals surface area (Å²) in [5, 5.41) is 0. The van der Waals surface area contributed by atoms with E-state index in [2.05, 4.69) is 4.74 Å². The molecule has 0 aromatic heterocycles. The Kier molecular flexibility index (Phi) is 9.72. The molecule has 37 heavy (non-hydrogen) atoms. The van der Waals surface area contributed by atoms with Gasteiger partial charge in [-0.05, 0) is 0 Å². The van der Waals surface area contributed by atoms with E-state index < -0.39 is 79.8 Å². The maximum atomic E-state index is 14.0. The zero-order valence-electron chi connectivity index (χ0n) is 18.0. The Morgan fingerprint density at radius 1 is 0.703 bits per heavy atom. The van der Waals surface area contributed by atoms with E-state index in [1.807, 2.05) is 0 Å². The Balaban J connectivity index is 3.11. The highest BCUT2D eigenvalue weighted by Crippen LogP contribution is 2.54. The van der Waals surface area contributed by atoms with Gasteiger partial charge in [0.2, 0.25) is 0 Å². The Labute approximate surface area is 196 Å². The van der Waals surface area contributed by atoms with Gasteiger partial charge in [-0.1, -0.05) is 0 Å². The van der Waals surface area contributed by atoms with Crippen LogP contribution in [0.1, 0.15) is 19.3 Å². The van der Waals surface area contributed by atoms with Gasteiger partial charge in [0.15, 0.2) is 0 Å². The van der Waals surface area contributed by atoms with E-state index in [9.17, 15) is 75.0 Å². The summed E-state index contributed by atoms with van der Waals surface area (Å²) in [4.78, 5) is 12.7. The fraction of sp³-hybridized carbons (Fsp3) is 0.941. The summed E-state index contributed by atoms with van der Waals surface area (Å²) in [5.41, 5.74) is 0. The summed E-state index contributed by atoms with van der Waals surface area (Å²) >= 11 is 0. The molecule has 20 heteroatoms. The number of alkyl halides is 16. The highest BCUT2D eigenvalue weighted by atomic mass is 19.4. The van der Waals surface area contributed by atoms with Crippen LogP contribution in [0.25, 0.3) is 0 Å². The first kappa shape index (κ1) is 33.3. The molecule has 0 bridgehead atoms. The Morgan fingerprint density at radius 2 is 1.16 bits per heavy atom. The van der Waals surface area contributed by atoms with Crippen LogP contribution in [0.3, 0.4) is 0 Å². The van der Waals surface area contributed by atoms with Gasteiger partial charge in [-0.3, -0.25) is 9.69 Å². The van der Waals surface area contributed by atoms with Crippen molar-refractivity contribution in [2.45, 2.75) is 67.3 Å². The molecule has 0 spiro atoms. The number of hydrogen-bond donors (Lipinski definition) is 0. The largest absolute Gasteiger partial charge is 0.461 e. The smallest absolute Gasteiger partial charge is 0.460 e. The van der Waals surface area contributed by atoms with E-state index in [0.717, 1.165) is 4.90 Å². The van der Waals surface area contributed by atoms with Gasteiger partial charge in [0.05, 0.1) is 26.1 Å². The molecule has 4 nitrogen and oxygen atoms in total. The third kappa shape index (κ3) is 7.23. The van der Waals surface area contributed by atoms with Gasteiger partial charge < -0.3 is 9.47 Å². The van der Waals surface area contributed by atoms with Crippen LogP contribution < -0.4 is 0 Å². The molecule has 0 saturated carbocycles. The third-order valence-electron chi connectivity index (χ3n) is 5.02. The second-order valence-corrected chi connectivity index (χ2v) is 7.86. The van der Waals surface area contributed by atoms with Crippen molar-refractivity contribution in [2.24, 2.45) is 0 Å². The van der Waals surface area contributed by atoms with Crippen LogP contribution >= 0.6 is 0 Å². The summed E-state index contributed by atoms with van der Waals surface area (Å²) < 4.78 is 216. The van der Waals surface area contributed by atoms with Crippen molar-refractivity contribution in [2.75, 3.05) is 32.8 Å². The van der Waals surface area contributed by atoms with Crippen molar-refractivity contribution in [1.82, 2.24) is 4.90 Å². The molecule has 0 amide bonds. The molecule has 1 aliphatic heterocycles. The summed E-state index contributed by atoms with van der Waals surface area (Å²) in [6, 6.07) is 0. The number of halogens is 16. The highest BCUT2D eigenvalue weighted by Gasteiger charge is 2.81. The molecular weight excluding hydrogens is 570 g/mol. The quantitative estimate of drug-likeness (QED) is 0.230. The average Bonchev–Trinajstić information content (AvgIpc) is 2.70. The molecule has 1 rings (SSSR count). The minimum Gasteiger partial charge on any atom is -0.461 e. The SMILES string of the molecule is O=C(CCC(F)(F)C(F)(F)C(F)(F)F)OC(CN1CCOCC1)CC(F)(F)C(F)(F)C(F)(F)C(F)(F)F. The summed E-state index contributed by atoms with van der Waals surface area (Å²) in [7, 11) is 0. The zero-order valence-corrected chi connectivity index (χ0v) is 18.0. The standard InChI is InChI=1S/C17H17F16NO3/c18-11(19,14(24,25)16(28,29)30)2-1-10(35)37-9(8-34-3-5-36-6-4-34)7-12(20,21)13(22,23)15(26,27)17(31,32)33/h9H,1-8H2. The maximum Gasteiger partial charge on any atom is 0.460 e. The normalized spacial score (nSPS) is 18.6. The van der Waals surface area contributed by atoms with Crippen molar-refractivity contribution in [1.29, 1.82) is 0 Å². The molecule has 0 N–H and O–H groups in total. The molecule has 1 heterocycles.